The minimum Gasteiger partial charge on any atom is -0.541 e. The predicted octanol–water partition coefficient (Wildman–Crippen LogP) is 4.28. The van der Waals surface area contributed by atoms with Crippen molar-refractivity contribution in [3.63, 3.8) is 0 Å². The van der Waals surface area contributed by atoms with Crippen molar-refractivity contribution < 1.29 is 4.43 Å². The average molecular weight is 295 g/mol. The van der Waals surface area contributed by atoms with Crippen LogP contribution in [0, 0.1) is 0 Å². The molecule has 0 aliphatic heterocycles. The molecular weight excluding hydrogens is 264 g/mol. The van der Waals surface area contributed by atoms with Gasteiger partial charge in [0.15, 0.2) is 0 Å². The molecule has 0 aromatic heterocycles. The molecule has 1 rings (SSSR count). The molecule has 0 saturated heterocycles. The van der Waals surface area contributed by atoms with E-state index in [1.54, 1.807) is 0 Å². The molecule has 1 aromatic rings. The van der Waals surface area contributed by atoms with Crippen LogP contribution in [0.3, 0.4) is 0 Å². The van der Waals surface area contributed by atoms with Gasteiger partial charge in [-0.05, 0) is 34.3 Å². The second kappa shape index (κ2) is 6.63. The second-order valence-corrected chi connectivity index (χ2v) is 11.9. The number of anilines is 1. The first-order valence-corrected chi connectivity index (χ1v) is 9.67. The van der Waals surface area contributed by atoms with E-state index in [1.165, 1.54) is 0 Å². The largest absolute Gasteiger partial charge is 0.541 e. The van der Waals surface area contributed by atoms with Crippen molar-refractivity contribution in [1.82, 2.24) is 0 Å². The average Bonchev–Trinajstić information content (AvgIpc) is 2.36. The third kappa shape index (κ3) is 3.18. The van der Waals surface area contributed by atoms with Crippen molar-refractivity contribution in [3.8, 4) is 5.75 Å². The maximum atomic E-state index is 6.62. The van der Waals surface area contributed by atoms with Crippen molar-refractivity contribution in [2.75, 3.05) is 5.73 Å². The van der Waals surface area contributed by atoms with Crippen LogP contribution in [0.15, 0.2) is 18.2 Å². The standard InChI is InChI=1S/C16H30N2OSi/c1-11(2)20(12(3)4,13(5)6)19-16-9-14(10-17)7-8-15(16)18/h7-9,11-13H,10,17-18H2,1-6H3. The number of nitrogen functional groups attached to an aromatic ring is 1. The number of hydrogen-bond donors (Lipinski definition) is 2. The number of rotatable bonds is 6. The number of nitrogens with two attached hydrogens (primary N) is 2. The van der Waals surface area contributed by atoms with Crippen LogP contribution >= 0.6 is 0 Å². The summed E-state index contributed by atoms with van der Waals surface area (Å²) in [7, 11) is -1.96. The fraction of sp³-hybridized carbons (Fsp3) is 0.625. The van der Waals surface area contributed by atoms with Crippen molar-refractivity contribution in [2.45, 2.75) is 64.7 Å². The summed E-state index contributed by atoms with van der Waals surface area (Å²) in [6.45, 7) is 14.1. The van der Waals surface area contributed by atoms with Gasteiger partial charge in [0, 0.05) is 6.54 Å². The first-order valence-electron chi connectivity index (χ1n) is 7.53. The highest BCUT2D eigenvalue weighted by Crippen LogP contribution is 2.43. The molecule has 4 heteroatoms. The fourth-order valence-corrected chi connectivity index (χ4v) is 8.60. The lowest BCUT2D eigenvalue weighted by Crippen LogP contribution is -2.50. The van der Waals surface area contributed by atoms with Gasteiger partial charge in [-0.1, -0.05) is 47.6 Å². The molecule has 0 radical (unpaired) electrons. The lowest BCUT2D eigenvalue weighted by atomic mass is 10.2. The van der Waals surface area contributed by atoms with Crippen LogP contribution in [0.5, 0.6) is 5.75 Å². The van der Waals surface area contributed by atoms with Gasteiger partial charge in [0.05, 0.1) is 5.69 Å². The summed E-state index contributed by atoms with van der Waals surface area (Å²) in [5.74, 6) is 0.815. The van der Waals surface area contributed by atoms with E-state index in [0.29, 0.717) is 28.9 Å². The third-order valence-corrected chi connectivity index (χ3v) is 10.3. The molecule has 0 unspecified atom stereocenters. The van der Waals surface area contributed by atoms with Gasteiger partial charge in [0.1, 0.15) is 5.75 Å². The highest BCUT2D eigenvalue weighted by molar-refractivity contribution is 6.78. The Kier molecular flexibility index (Phi) is 5.65. The van der Waals surface area contributed by atoms with E-state index in [4.69, 9.17) is 15.9 Å². The van der Waals surface area contributed by atoms with E-state index in [9.17, 15) is 0 Å². The van der Waals surface area contributed by atoms with Gasteiger partial charge in [-0.2, -0.15) is 0 Å². The minimum absolute atomic E-state index is 0.510. The van der Waals surface area contributed by atoms with E-state index in [-0.39, 0.29) is 0 Å². The Morgan fingerprint density at radius 3 is 1.90 bits per heavy atom. The highest BCUT2D eigenvalue weighted by atomic mass is 28.4. The summed E-state index contributed by atoms with van der Waals surface area (Å²) in [5, 5.41) is 0. The Hall–Kier alpha value is -1.00. The smallest absolute Gasteiger partial charge is 0.258 e. The topological polar surface area (TPSA) is 61.3 Å². The van der Waals surface area contributed by atoms with Gasteiger partial charge in [0.2, 0.25) is 0 Å². The van der Waals surface area contributed by atoms with Gasteiger partial charge in [-0.3, -0.25) is 0 Å². The molecule has 20 heavy (non-hydrogen) atoms. The van der Waals surface area contributed by atoms with Crippen LogP contribution in [-0.4, -0.2) is 8.32 Å². The molecule has 0 atom stereocenters. The van der Waals surface area contributed by atoms with Gasteiger partial charge >= 0.3 is 0 Å². The molecule has 0 aliphatic rings. The van der Waals surface area contributed by atoms with Crippen LogP contribution in [0.25, 0.3) is 0 Å². The normalized spacial score (nSPS) is 12.5. The van der Waals surface area contributed by atoms with Gasteiger partial charge in [-0.15, -0.1) is 0 Å². The monoisotopic (exact) mass is 294 g/mol. The van der Waals surface area contributed by atoms with Gasteiger partial charge in [0.25, 0.3) is 8.32 Å². The second-order valence-electron chi connectivity index (χ2n) is 6.50. The zero-order valence-electron chi connectivity index (χ0n) is 13.7. The van der Waals surface area contributed by atoms with E-state index in [2.05, 4.69) is 41.5 Å². The summed E-state index contributed by atoms with van der Waals surface area (Å²) in [6.07, 6.45) is 0. The molecule has 0 fully saturated rings. The summed E-state index contributed by atoms with van der Waals surface area (Å²) in [6, 6.07) is 5.87. The van der Waals surface area contributed by atoms with E-state index in [1.807, 2.05) is 18.2 Å². The molecule has 3 nitrogen and oxygen atoms in total. The molecule has 0 bridgehead atoms. The van der Waals surface area contributed by atoms with Crippen LogP contribution in [0.1, 0.15) is 47.1 Å². The Morgan fingerprint density at radius 2 is 1.50 bits per heavy atom. The van der Waals surface area contributed by atoms with Crippen LogP contribution in [-0.2, 0) is 6.54 Å². The maximum Gasteiger partial charge on any atom is 0.258 e. The SMILES string of the molecule is CC(C)[Si](Oc1cc(CN)ccc1N)(C(C)C)C(C)C. The molecule has 0 aliphatic carbocycles. The van der Waals surface area contributed by atoms with Crippen LogP contribution in [0.4, 0.5) is 5.69 Å². The summed E-state index contributed by atoms with van der Waals surface area (Å²) in [4.78, 5) is 0. The van der Waals surface area contributed by atoms with Crippen molar-refractivity contribution >= 4 is 14.0 Å². The number of hydrogen-bond acceptors (Lipinski definition) is 3. The van der Waals surface area contributed by atoms with Crippen molar-refractivity contribution in [3.05, 3.63) is 23.8 Å². The van der Waals surface area contributed by atoms with Gasteiger partial charge in [-0.25, -0.2) is 0 Å². The minimum atomic E-state index is -1.96. The molecular formula is C16H30N2OSi. The lowest BCUT2D eigenvalue weighted by molar-refractivity contribution is 0.481. The molecule has 0 amide bonds. The summed E-state index contributed by atoms with van der Waals surface area (Å²) >= 11 is 0. The molecule has 4 N–H and O–H groups in total. The van der Waals surface area contributed by atoms with Crippen LogP contribution < -0.4 is 15.9 Å². The van der Waals surface area contributed by atoms with Crippen molar-refractivity contribution in [2.24, 2.45) is 5.73 Å². The molecule has 114 valence electrons. The Morgan fingerprint density at radius 1 is 1.00 bits per heavy atom. The summed E-state index contributed by atoms with van der Waals surface area (Å²) in [5.41, 5.74) is 15.2. The summed E-state index contributed by atoms with van der Waals surface area (Å²) < 4.78 is 6.62. The Bertz CT molecular complexity index is 422. The quantitative estimate of drug-likeness (QED) is 0.608. The molecule has 1 aromatic carbocycles. The highest BCUT2D eigenvalue weighted by Gasteiger charge is 2.47. The first-order chi connectivity index (χ1) is 9.25. The Balaban J connectivity index is 3.26. The van der Waals surface area contributed by atoms with E-state index in [0.717, 1.165) is 11.3 Å². The molecule has 0 heterocycles. The van der Waals surface area contributed by atoms with E-state index >= 15 is 0 Å². The molecule has 0 saturated carbocycles. The van der Waals surface area contributed by atoms with Crippen LogP contribution in [0.2, 0.25) is 16.6 Å². The first kappa shape index (κ1) is 17.0. The fourth-order valence-electron chi connectivity index (χ4n) is 3.34. The maximum absolute atomic E-state index is 6.62. The zero-order chi connectivity index (χ0) is 15.5. The third-order valence-electron chi connectivity index (χ3n) is 4.31. The predicted molar refractivity (Wildman–Crippen MR) is 90.4 cm³/mol. The zero-order valence-corrected chi connectivity index (χ0v) is 14.7. The Labute approximate surface area is 124 Å². The lowest BCUT2D eigenvalue weighted by Gasteiger charge is -2.42. The van der Waals surface area contributed by atoms with Crippen molar-refractivity contribution in [1.29, 1.82) is 0 Å². The molecule has 0 spiro atoms. The number of benzene rings is 1. The van der Waals surface area contributed by atoms with E-state index < -0.39 is 8.32 Å². The van der Waals surface area contributed by atoms with Gasteiger partial charge < -0.3 is 15.9 Å².